The molecule has 0 amide bonds. The first kappa shape index (κ1) is 10.9. The van der Waals surface area contributed by atoms with E-state index in [9.17, 15) is 4.79 Å². The summed E-state index contributed by atoms with van der Waals surface area (Å²) in [5, 5.41) is 0. The molecule has 1 aliphatic carbocycles. The van der Waals surface area contributed by atoms with Crippen LogP contribution in [0.3, 0.4) is 0 Å². The zero-order valence-corrected chi connectivity index (χ0v) is 8.81. The molecule has 0 saturated heterocycles. The zero-order chi connectivity index (χ0) is 10.4. The molecule has 1 aliphatic rings. The lowest BCUT2D eigenvalue weighted by Gasteiger charge is -2.10. The Morgan fingerprint density at radius 1 is 1.57 bits per heavy atom. The standard InChI is InChI=1S/C12H17NO/c1-13(2)9-3-4-11-5-7-12(10-14)8-6-11/h3-5,7-8,10-11H,6,9H2,1-2H3/b4-3+. The van der Waals surface area contributed by atoms with Gasteiger partial charge in [-0.05, 0) is 26.4 Å². The van der Waals surface area contributed by atoms with Crippen molar-refractivity contribution in [2.24, 2.45) is 5.92 Å². The summed E-state index contributed by atoms with van der Waals surface area (Å²) in [6, 6.07) is 0. The van der Waals surface area contributed by atoms with Crippen molar-refractivity contribution in [1.29, 1.82) is 0 Å². The second-order valence-electron chi connectivity index (χ2n) is 3.77. The van der Waals surface area contributed by atoms with Gasteiger partial charge < -0.3 is 4.90 Å². The van der Waals surface area contributed by atoms with Gasteiger partial charge >= 0.3 is 0 Å². The Hall–Kier alpha value is -1.15. The van der Waals surface area contributed by atoms with Crippen LogP contribution in [0.25, 0.3) is 0 Å². The first-order valence-corrected chi connectivity index (χ1v) is 4.87. The zero-order valence-electron chi connectivity index (χ0n) is 8.81. The number of likely N-dealkylation sites (N-methyl/N-ethyl adjacent to an activating group) is 1. The molecule has 0 N–H and O–H groups in total. The van der Waals surface area contributed by atoms with E-state index in [-0.39, 0.29) is 0 Å². The molecule has 1 unspecified atom stereocenters. The molecule has 0 bridgehead atoms. The highest BCUT2D eigenvalue weighted by molar-refractivity contribution is 5.77. The van der Waals surface area contributed by atoms with Crippen LogP contribution in [0.4, 0.5) is 0 Å². The van der Waals surface area contributed by atoms with Crippen molar-refractivity contribution in [3.8, 4) is 0 Å². The van der Waals surface area contributed by atoms with Crippen LogP contribution in [0.5, 0.6) is 0 Å². The normalized spacial score (nSPS) is 21.6. The lowest BCUT2D eigenvalue weighted by molar-refractivity contribution is -0.104. The van der Waals surface area contributed by atoms with Crippen LogP contribution in [0.2, 0.25) is 0 Å². The minimum Gasteiger partial charge on any atom is -0.306 e. The maximum atomic E-state index is 10.4. The third kappa shape index (κ3) is 3.71. The number of allylic oxidation sites excluding steroid dienone is 5. The van der Waals surface area contributed by atoms with Crippen LogP contribution >= 0.6 is 0 Å². The molecule has 0 aromatic carbocycles. The Labute approximate surface area is 85.6 Å². The SMILES string of the molecule is CN(C)C/C=C/C1C=CC(C=O)=CC1. The van der Waals surface area contributed by atoms with E-state index in [1.54, 1.807) is 0 Å². The molecule has 1 atom stereocenters. The number of hydrogen-bond donors (Lipinski definition) is 0. The van der Waals surface area contributed by atoms with Gasteiger partial charge in [-0.1, -0.05) is 30.4 Å². The summed E-state index contributed by atoms with van der Waals surface area (Å²) in [4.78, 5) is 12.5. The van der Waals surface area contributed by atoms with Gasteiger partial charge in [-0.15, -0.1) is 0 Å². The highest BCUT2D eigenvalue weighted by atomic mass is 16.1. The average Bonchev–Trinajstić information content (AvgIpc) is 2.18. The predicted molar refractivity (Wildman–Crippen MR) is 59.1 cm³/mol. The van der Waals surface area contributed by atoms with E-state index >= 15 is 0 Å². The largest absolute Gasteiger partial charge is 0.306 e. The number of carbonyl (C=O) groups is 1. The van der Waals surface area contributed by atoms with Gasteiger partial charge in [0.05, 0.1) is 0 Å². The lowest BCUT2D eigenvalue weighted by atomic mass is 9.97. The molecule has 0 aromatic rings. The molecule has 1 rings (SSSR count). The fourth-order valence-corrected chi connectivity index (χ4v) is 1.33. The van der Waals surface area contributed by atoms with Crippen LogP contribution < -0.4 is 0 Å². The minimum atomic E-state index is 0.457. The van der Waals surface area contributed by atoms with Crippen molar-refractivity contribution in [3.63, 3.8) is 0 Å². The third-order valence-electron chi connectivity index (χ3n) is 2.15. The summed E-state index contributed by atoms with van der Waals surface area (Å²) in [7, 11) is 4.09. The van der Waals surface area contributed by atoms with Crippen LogP contribution in [0.1, 0.15) is 6.42 Å². The summed E-state index contributed by atoms with van der Waals surface area (Å²) in [6.45, 7) is 0.967. The van der Waals surface area contributed by atoms with E-state index in [1.807, 2.05) is 26.2 Å². The molecule has 0 aliphatic heterocycles. The number of hydrogen-bond acceptors (Lipinski definition) is 2. The van der Waals surface area contributed by atoms with Crippen molar-refractivity contribution in [2.45, 2.75) is 6.42 Å². The summed E-state index contributed by atoms with van der Waals surface area (Å²) >= 11 is 0. The van der Waals surface area contributed by atoms with Crippen LogP contribution in [-0.2, 0) is 4.79 Å². The van der Waals surface area contributed by atoms with Gasteiger partial charge in [0.15, 0.2) is 0 Å². The molecule has 14 heavy (non-hydrogen) atoms. The van der Waals surface area contributed by atoms with Crippen molar-refractivity contribution in [3.05, 3.63) is 36.0 Å². The summed E-state index contributed by atoms with van der Waals surface area (Å²) in [5.74, 6) is 0.457. The first-order valence-electron chi connectivity index (χ1n) is 4.87. The van der Waals surface area contributed by atoms with Gasteiger partial charge in [-0.2, -0.15) is 0 Å². The molecule has 0 heterocycles. The Balaban J connectivity index is 2.37. The Morgan fingerprint density at radius 2 is 2.36 bits per heavy atom. The Morgan fingerprint density at radius 3 is 2.86 bits per heavy atom. The van der Waals surface area contributed by atoms with Crippen molar-refractivity contribution in [2.75, 3.05) is 20.6 Å². The van der Waals surface area contributed by atoms with E-state index in [2.05, 4.69) is 23.1 Å². The van der Waals surface area contributed by atoms with E-state index in [1.165, 1.54) is 0 Å². The first-order chi connectivity index (χ1) is 6.72. The van der Waals surface area contributed by atoms with Crippen LogP contribution in [-0.4, -0.2) is 31.8 Å². The molecule has 2 heteroatoms. The Kier molecular flexibility index (Phi) is 4.33. The van der Waals surface area contributed by atoms with Gasteiger partial charge in [0, 0.05) is 12.1 Å². The summed E-state index contributed by atoms with van der Waals surface area (Å²) in [5.41, 5.74) is 0.794. The highest BCUT2D eigenvalue weighted by Gasteiger charge is 2.03. The van der Waals surface area contributed by atoms with E-state index in [0.29, 0.717) is 5.92 Å². The van der Waals surface area contributed by atoms with Gasteiger partial charge in [-0.3, -0.25) is 4.79 Å². The van der Waals surface area contributed by atoms with E-state index in [0.717, 1.165) is 24.8 Å². The van der Waals surface area contributed by atoms with Gasteiger partial charge in [0.2, 0.25) is 0 Å². The summed E-state index contributed by atoms with van der Waals surface area (Å²) < 4.78 is 0. The number of nitrogens with zero attached hydrogens (tertiary/aromatic N) is 1. The quantitative estimate of drug-likeness (QED) is 0.499. The predicted octanol–water partition coefficient (Wildman–Crippen LogP) is 1.81. The van der Waals surface area contributed by atoms with Crippen molar-refractivity contribution >= 4 is 6.29 Å². The van der Waals surface area contributed by atoms with Gasteiger partial charge in [-0.25, -0.2) is 0 Å². The minimum absolute atomic E-state index is 0.457. The number of carbonyl (C=O) groups excluding carboxylic acids is 1. The number of aldehydes is 1. The maximum Gasteiger partial charge on any atom is 0.149 e. The molecule has 0 saturated carbocycles. The summed E-state index contributed by atoms with van der Waals surface area (Å²) in [6.07, 6.45) is 12.1. The fourth-order valence-electron chi connectivity index (χ4n) is 1.33. The second kappa shape index (κ2) is 5.55. The molecule has 76 valence electrons. The second-order valence-corrected chi connectivity index (χ2v) is 3.77. The van der Waals surface area contributed by atoms with Gasteiger partial charge in [0.25, 0.3) is 0 Å². The molecule has 0 radical (unpaired) electrons. The number of rotatable bonds is 4. The topological polar surface area (TPSA) is 20.3 Å². The lowest BCUT2D eigenvalue weighted by Crippen LogP contribution is -2.10. The highest BCUT2D eigenvalue weighted by Crippen LogP contribution is 2.16. The fraction of sp³-hybridized carbons (Fsp3) is 0.417. The van der Waals surface area contributed by atoms with E-state index < -0.39 is 0 Å². The Bertz CT molecular complexity index is 274. The molecular formula is C12H17NO. The van der Waals surface area contributed by atoms with E-state index in [4.69, 9.17) is 0 Å². The monoisotopic (exact) mass is 191 g/mol. The van der Waals surface area contributed by atoms with Crippen molar-refractivity contribution < 1.29 is 4.79 Å². The molecule has 2 nitrogen and oxygen atoms in total. The molecular weight excluding hydrogens is 174 g/mol. The van der Waals surface area contributed by atoms with Crippen molar-refractivity contribution in [1.82, 2.24) is 4.90 Å². The molecule has 0 fully saturated rings. The maximum absolute atomic E-state index is 10.4. The third-order valence-corrected chi connectivity index (χ3v) is 2.15. The average molecular weight is 191 g/mol. The van der Waals surface area contributed by atoms with Crippen LogP contribution in [0.15, 0.2) is 36.0 Å². The van der Waals surface area contributed by atoms with Crippen LogP contribution in [0, 0.1) is 5.92 Å². The smallest absolute Gasteiger partial charge is 0.149 e. The molecule has 0 aromatic heterocycles. The molecule has 0 spiro atoms. The van der Waals surface area contributed by atoms with Gasteiger partial charge in [0.1, 0.15) is 6.29 Å².